The Morgan fingerprint density at radius 1 is 1.64 bits per heavy atom. The average molecular weight is 332 g/mol. The molecule has 0 bridgehead atoms. The van der Waals surface area contributed by atoms with Crippen LogP contribution in [-0.2, 0) is 0 Å². The fraction of sp³-hybridized carbons (Fsp3) is 0.143. The minimum atomic E-state index is -2.87. The SMILES string of the molecule is NC(=O)c1c(Cl)cc(I)nc1C(F)F. The van der Waals surface area contributed by atoms with Crippen LogP contribution < -0.4 is 5.73 Å². The van der Waals surface area contributed by atoms with Gasteiger partial charge in [0.1, 0.15) is 9.39 Å². The second-order valence-electron chi connectivity index (χ2n) is 2.35. The predicted octanol–water partition coefficient (Wildman–Crippen LogP) is 2.38. The Morgan fingerprint density at radius 3 is 2.64 bits per heavy atom. The molecule has 14 heavy (non-hydrogen) atoms. The van der Waals surface area contributed by atoms with Gasteiger partial charge in [0.05, 0.1) is 10.6 Å². The third-order valence-corrected chi connectivity index (χ3v) is 2.27. The molecule has 0 radical (unpaired) electrons. The van der Waals surface area contributed by atoms with E-state index in [0.29, 0.717) is 0 Å². The first-order valence-electron chi connectivity index (χ1n) is 3.37. The number of pyridine rings is 1. The van der Waals surface area contributed by atoms with E-state index < -0.39 is 23.6 Å². The minimum absolute atomic E-state index is 0.104. The molecule has 0 atom stereocenters. The van der Waals surface area contributed by atoms with Crippen LogP contribution in [0, 0.1) is 3.70 Å². The number of nitrogens with two attached hydrogens (primary N) is 1. The van der Waals surface area contributed by atoms with Crippen molar-refractivity contribution in [3.05, 3.63) is 26.0 Å². The number of aromatic nitrogens is 1. The molecule has 0 aliphatic rings. The molecule has 0 aliphatic carbocycles. The zero-order valence-electron chi connectivity index (χ0n) is 6.60. The van der Waals surface area contributed by atoms with Crippen molar-refractivity contribution in [2.45, 2.75) is 6.43 Å². The summed E-state index contributed by atoms with van der Waals surface area (Å²) in [6, 6.07) is 1.30. The smallest absolute Gasteiger partial charge is 0.281 e. The van der Waals surface area contributed by atoms with E-state index >= 15 is 0 Å². The fourth-order valence-corrected chi connectivity index (χ4v) is 1.95. The number of carbonyl (C=O) groups is 1. The van der Waals surface area contributed by atoms with E-state index in [1.54, 1.807) is 22.6 Å². The van der Waals surface area contributed by atoms with Crippen molar-refractivity contribution < 1.29 is 13.6 Å². The molecule has 0 saturated heterocycles. The van der Waals surface area contributed by atoms with E-state index in [-0.39, 0.29) is 8.72 Å². The van der Waals surface area contributed by atoms with Gasteiger partial charge in [-0.1, -0.05) is 11.6 Å². The lowest BCUT2D eigenvalue weighted by Gasteiger charge is -2.07. The van der Waals surface area contributed by atoms with E-state index in [9.17, 15) is 13.6 Å². The van der Waals surface area contributed by atoms with Gasteiger partial charge < -0.3 is 5.73 Å². The zero-order valence-corrected chi connectivity index (χ0v) is 9.51. The Balaban J connectivity index is 3.44. The second kappa shape index (κ2) is 4.35. The van der Waals surface area contributed by atoms with Crippen LogP contribution in [0.4, 0.5) is 8.78 Å². The first-order valence-corrected chi connectivity index (χ1v) is 4.83. The molecular weight excluding hydrogens is 328 g/mol. The van der Waals surface area contributed by atoms with E-state index in [2.05, 4.69) is 4.98 Å². The van der Waals surface area contributed by atoms with Gasteiger partial charge in [-0.2, -0.15) is 0 Å². The molecule has 0 fully saturated rings. The lowest BCUT2D eigenvalue weighted by atomic mass is 10.2. The Bertz CT molecular complexity index is 386. The molecule has 1 aromatic rings. The van der Waals surface area contributed by atoms with Gasteiger partial charge in [0.2, 0.25) is 0 Å². The lowest BCUT2D eigenvalue weighted by Crippen LogP contribution is -2.16. The van der Waals surface area contributed by atoms with Gasteiger partial charge in [0, 0.05) is 0 Å². The normalized spacial score (nSPS) is 10.6. The Morgan fingerprint density at radius 2 is 2.21 bits per heavy atom. The van der Waals surface area contributed by atoms with Crippen LogP contribution in [0.3, 0.4) is 0 Å². The van der Waals surface area contributed by atoms with Crippen molar-refractivity contribution in [3.8, 4) is 0 Å². The first kappa shape index (κ1) is 11.6. The van der Waals surface area contributed by atoms with E-state index in [1.807, 2.05) is 0 Å². The van der Waals surface area contributed by atoms with Crippen LogP contribution >= 0.6 is 34.2 Å². The van der Waals surface area contributed by atoms with Crippen molar-refractivity contribution in [1.29, 1.82) is 0 Å². The lowest BCUT2D eigenvalue weighted by molar-refractivity contribution is 0.0983. The number of rotatable bonds is 2. The molecule has 1 heterocycles. The highest BCUT2D eigenvalue weighted by Gasteiger charge is 2.22. The number of alkyl halides is 2. The van der Waals surface area contributed by atoms with E-state index in [1.165, 1.54) is 6.07 Å². The largest absolute Gasteiger partial charge is 0.365 e. The van der Waals surface area contributed by atoms with Gasteiger partial charge >= 0.3 is 0 Å². The first-order chi connectivity index (χ1) is 6.43. The van der Waals surface area contributed by atoms with Crippen molar-refractivity contribution in [2.75, 3.05) is 0 Å². The fourth-order valence-electron chi connectivity index (χ4n) is 0.904. The van der Waals surface area contributed by atoms with Crippen LogP contribution in [-0.4, -0.2) is 10.9 Å². The third kappa shape index (κ3) is 2.30. The molecule has 0 aromatic carbocycles. The standard InChI is InChI=1S/C7H4ClF2IN2O/c8-2-1-3(11)13-5(6(9)10)4(2)7(12)14/h1,6H,(H2,12,14). The van der Waals surface area contributed by atoms with Gasteiger partial charge in [-0.25, -0.2) is 13.8 Å². The number of hydrogen-bond donors (Lipinski definition) is 1. The Kier molecular flexibility index (Phi) is 3.59. The summed E-state index contributed by atoms with van der Waals surface area (Å²) in [5.41, 5.74) is 3.82. The molecule has 76 valence electrons. The molecule has 0 aliphatic heterocycles. The van der Waals surface area contributed by atoms with Gasteiger partial charge in [-0.05, 0) is 28.7 Å². The summed E-state index contributed by atoms with van der Waals surface area (Å²) in [5.74, 6) is -1.01. The Labute approximate surface area is 96.8 Å². The summed E-state index contributed by atoms with van der Waals surface area (Å²) >= 11 is 7.32. The van der Waals surface area contributed by atoms with Crippen molar-refractivity contribution >= 4 is 40.1 Å². The predicted molar refractivity (Wildman–Crippen MR) is 55.4 cm³/mol. The second-order valence-corrected chi connectivity index (χ2v) is 3.86. The summed E-state index contributed by atoms with van der Waals surface area (Å²) in [7, 11) is 0. The maximum Gasteiger partial charge on any atom is 0.281 e. The summed E-state index contributed by atoms with van der Waals surface area (Å²) in [5, 5.41) is -0.104. The molecule has 0 unspecified atom stereocenters. The maximum absolute atomic E-state index is 12.4. The number of hydrogen-bond acceptors (Lipinski definition) is 2. The van der Waals surface area contributed by atoms with Gasteiger partial charge in [0.15, 0.2) is 0 Å². The molecule has 1 amide bonds. The monoisotopic (exact) mass is 332 g/mol. The summed E-state index contributed by atoms with van der Waals surface area (Å²) in [6.45, 7) is 0. The highest BCUT2D eigenvalue weighted by molar-refractivity contribution is 14.1. The molecule has 7 heteroatoms. The molecule has 2 N–H and O–H groups in total. The van der Waals surface area contributed by atoms with Gasteiger partial charge in [-0.15, -0.1) is 0 Å². The number of nitrogens with zero attached hydrogens (tertiary/aromatic N) is 1. The molecule has 1 rings (SSSR count). The quantitative estimate of drug-likeness (QED) is 0.668. The zero-order chi connectivity index (χ0) is 10.9. The number of primary amides is 1. The number of carbonyl (C=O) groups excluding carboxylic acids is 1. The minimum Gasteiger partial charge on any atom is -0.365 e. The van der Waals surface area contributed by atoms with Crippen LogP contribution in [0.1, 0.15) is 22.5 Å². The van der Waals surface area contributed by atoms with Crippen molar-refractivity contribution in [1.82, 2.24) is 4.98 Å². The molecule has 0 saturated carbocycles. The van der Waals surface area contributed by atoms with Crippen LogP contribution in [0.5, 0.6) is 0 Å². The molecular formula is C7H4ClF2IN2O. The molecule has 0 spiro atoms. The topological polar surface area (TPSA) is 56.0 Å². The maximum atomic E-state index is 12.4. The van der Waals surface area contributed by atoms with Crippen LogP contribution in [0.15, 0.2) is 6.07 Å². The van der Waals surface area contributed by atoms with Crippen LogP contribution in [0.2, 0.25) is 5.02 Å². The van der Waals surface area contributed by atoms with E-state index in [4.69, 9.17) is 17.3 Å². The van der Waals surface area contributed by atoms with Crippen molar-refractivity contribution in [2.24, 2.45) is 5.73 Å². The molecule has 1 aromatic heterocycles. The summed E-state index contributed by atoms with van der Waals surface area (Å²) < 4.78 is 25.1. The van der Waals surface area contributed by atoms with Crippen molar-refractivity contribution in [3.63, 3.8) is 0 Å². The summed E-state index contributed by atoms with van der Waals surface area (Å²) in [6.07, 6.45) is -2.87. The average Bonchev–Trinajstić information content (AvgIpc) is 2.01. The van der Waals surface area contributed by atoms with Gasteiger partial charge in [0.25, 0.3) is 12.3 Å². The third-order valence-electron chi connectivity index (χ3n) is 1.42. The number of amides is 1. The highest BCUT2D eigenvalue weighted by atomic mass is 127. The van der Waals surface area contributed by atoms with Crippen LogP contribution in [0.25, 0.3) is 0 Å². The highest BCUT2D eigenvalue weighted by Crippen LogP contribution is 2.27. The Hall–Kier alpha value is -0.500. The van der Waals surface area contributed by atoms with E-state index in [0.717, 1.165) is 0 Å². The summed E-state index contributed by atoms with van der Waals surface area (Å²) in [4.78, 5) is 14.3. The number of halogens is 4. The molecule has 3 nitrogen and oxygen atoms in total. The van der Waals surface area contributed by atoms with Gasteiger partial charge in [-0.3, -0.25) is 4.79 Å².